The van der Waals surface area contributed by atoms with E-state index < -0.39 is 0 Å². The standard InChI is InChI=1S/C11H20N2O/c1-2-3-8-12-9-4-5-11(14)13-10-6-7-10/h2,10,12H,1,3-9H2,(H,13,14). The van der Waals surface area contributed by atoms with E-state index in [1.165, 1.54) is 12.8 Å². The summed E-state index contributed by atoms with van der Waals surface area (Å²) in [6.07, 6.45) is 6.81. The van der Waals surface area contributed by atoms with Gasteiger partial charge in [0.1, 0.15) is 0 Å². The van der Waals surface area contributed by atoms with Gasteiger partial charge in [-0.2, -0.15) is 0 Å². The molecule has 3 nitrogen and oxygen atoms in total. The van der Waals surface area contributed by atoms with Gasteiger partial charge in [0, 0.05) is 12.5 Å². The lowest BCUT2D eigenvalue weighted by Crippen LogP contribution is -2.26. The van der Waals surface area contributed by atoms with Gasteiger partial charge in [-0.1, -0.05) is 6.08 Å². The van der Waals surface area contributed by atoms with Crippen LogP contribution in [0.25, 0.3) is 0 Å². The van der Waals surface area contributed by atoms with Crippen molar-refractivity contribution in [1.29, 1.82) is 0 Å². The first kappa shape index (κ1) is 11.2. The number of hydrogen-bond acceptors (Lipinski definition) is 2. The summed E-state index contributed by atoms with van der Waals surface area (Å²) in [6.45, 7) is 5.53. The van der Waals surface area contributed by atoms with Crippen molar-refractivity contribution >= 4 is 5.91 Å². The van der Waals surface area contributed by atoms with Crippen molar-refractivity contribution in [2.75, 3.05) is 13.1 Å². The normalized spacial score (nSPS) is 15.1. The Kier molecular flexibility index (Phi) is 5.30. The minimum atomic E-state index is 0.207. The first-order valence-electron chi connectivity index (χ1n) is 5.44. The van der Waals surface area contributed by atoms with E-state index in [1.807, 2.05) is 6.08 Å². The van der Waals surface area contributed by atoms with E-state index in [4.69, 9.17) is 0 Å². The lowest BCUT2D eigenvalue weighted by molar-refractivity contribution is -0.121. The van der Waals surface area contributed by atoms with Crippen LogP contribution in [0.2, 0.25) is 0 Å². The monoisotopic (exact) mass is 196 g/mol. The van der Waals surface area contributed by atoms with Crippen molar-refractivity contribution in [3.63, 3.8) is 0 Å². The van der Waals surface area contributed by atoms with E-state index in [9.17, 15) is 4.79 Å². The van der Waals surface area contributed by atoms with Crippen molar-refractivity contribution in [3.05, 3.63) is 12.7 Å². The molecule has 80 valence electrons. The molecule has 1 aliphatic carbocycles. The Labute approximate surface area is 86.0 Å². The number of hydrogen-bond donors (Lipinski definition) is 2. The van der Waals surface area contributed by atoms with Crippen molar-refractivity contribution in [2.45, 2.75) is 38.1 Å². The summed E-state index contributed by atoms with van der Waals surface area (Å²) >= 11 is 0. The third-order valence-corrected chi connectivity index (χ3v) is 2.23. The van der Waals surface area contributed by atoms with Crippen LogP contribution in [-0.4, -0.2) is 25.0 Å². The molecule has 1 fully saturated rings. The van der Waals surface area contributed by atoms with Crippen LogP contribution in [0.5, 0.6) is 0 Å². The third kappa shape index (κ3) is 5.75. The van der Waals surface area contributed by atoms with Gasteiger partial charge in [0.2, 0.25) is 5.91 Å². The Hall–Kier alpha value is -0.830. The van der Waals surface area contributed by atoms with Gasteiger partial charge in [-0.15, -0.1) is 6.58 Å². The summed E-state index contributed by atoms with van der Waals surface area (Å²) in [7, 11) is 0. The summed E-state index contributed by atoms with van der Waals surface area (Å²) in [4.78, 5) is 11.2. The fourth-order valence-electron chi connectivity index (χ4n) is 1.23. The predicted octanol–water partition coefficient (Wildman–Crippen LogP) is 1.21. The summed E-state index contributed by atoms with van der Waals surface area (Å²) in [5.74, 6) is 0.207. The van der Waals surface area contributed by atoms with Crippen LogP contribution in [0.3, 0.4) is 0 Å². The first-order valence-corrected chi connectivity index (χ1v) is 5.44. The predicted molar refractivity (Wildman–Crippen MR) is 58.1 cm³/mol. The van der Waals surface area contributed by atoms with Crippen LogP contribution >= 0.6 is 0 Å². The second-order valence-corrected chi connectivity index (χ2v) is 3.77. The minimum absolute atomic E-state index is 0.207. The Balaban J connectivity index is 1.82. The van der Waals surface area contributed by atoms with Crippen molar-refractivity contribution in [1.82, 2.24) is 10.6 Å². The fourth-order valence-corrected chi connectivity index (χ4v) is 1.23. The SMILES string of the molecule is C=CCCNCCCC(=O)NC1CC1. The maximum atomic E-state index is 11.2. The molecule has 0 radical (unpaired) electrons. The smallest absolute Gasteiger partial charge is 0.220 e. The molecule has 0 aromatic carbocycles. The highest BCUT2D eigenvalue weighted by molar-refractivity contribution is 5.76. The molecule has 0 aromatic heterocycles. The molecule has 0 saturated heterocycles. The first-order chi connectivity index (χ1) is 6.83. The Morgan fingerprint density at radius 2 is 2.21 bits per heavy atom. The average molecular weight is 196 g/mol. The molecule has 0 spiro atoms. The van der Waals surface area contributed by atoms with Gasteiger partial charge in [0.15, 0.2) is 0 Å². The van der Waals surface area contributed by atoms with Gasteiger partial charge in [-0.3, -0.25) is 4.79 Å². The van der Waals surface area contributed by atoms with Crippen LogP contribution in [0.4, 0.5) is 0 Å². The third-order valence-electron chi connectivity index (χ3n) is 2.23. The maximum absolute atomic E-state index is 11.2. The molecule has 0 unspecified atom stereocenters. The zero-order valence-corrected chi connectivity index (χ0v) is 8.72. The van der Waals surface area contributed by atoms with Gasteiger partial charge >= 0.3 is 0 Å². The number of carbonyl (C=O) groups is 1. The van der Waals surface area contributed by atoms with Crippen LogP contribution in [0, 0.1) is 0 Å². The molecule has 0 atom stereocenters. The topological polar surface area (TPSA) is 41.1 Å². The second-order valence-electron chi connectivity index (χ2n) is 3.77. The van der Waals surface area contributed by atoms with Gasteiger partial charge in [-0.25, -0.2) is 0 Å². The molecular formula is C11H20N2O. The molecule has 0 bridgehead atoms. The number of rotatable bonds is 8. The van der Waals surface area contributed by atoms with Crippen molar-refractivity contribution in [3.8, 4) is 0 Å². The number of amides is 1. The lowest BCUT2D eigenvalue weighted by Gasteiger charge is -2.03. The summed E-state index contributed by atoms with van der Waals surface area (Å²) in [6, 6.07) is 0.497. The zero-order chi connectivity index (χ0) is 10.2. The Morgan fingerprint density at radius 3 is 2.86 bits per heavy atom. The van der Waals surface area contributed by atoms with Crippen molar-refractivity contribution in [2.24, 2.45) is 0 Å². The van der Waals surface area contributed by atoms with Crippen LogP contribution in [-0.2, 0) is 4.79 Å². The second kappa shape index (κ2) is 6.60. The van der Waals surface area contributed by atoms with Crippen molar-refractivity contribution < 1.29 is 4.79 Å². The Morgan fingerprint density at radius 1 is 1.43 bits per heavy atom. The molecule has 2 N–H and O–H groups in total. The van der Waals surface area contributed by atoms with Crippen LogP contribution in [0.15, 0.2) is 12.7 Å². The van der Waals surface area contributed by atoms with E-state index in [2.05, 4.69) is 17.2 Å². The van der Waals surface area contributed by atoms with E-state index in [0.29, 0.717) is 12.5 Å². The largest absolute Gasteiger partial charge is 0.353 e. The lowest BCUT2D eigenvalue weighted by atomic mass is 10.3. The molecule has 1 amide bonds. The fraction of sp³-hybridized carbons (Fsp3) is 0.727. The van der Waals surface area contributed by atoms with Gasteiger partial charge < -0.3 is 10.6 Å². The molecule has 1 saturated carbocycles. The van der Waals surface area contributed by atoms with E-state index in [-0.39, 0.29) is 5.91 Å². The summed E-state index contributed by atoms with van der Waals surface area (Å²) in [5.41, 5.74) is 0. The molecule has 1 rings (SSSR count). The van der Waals surface area contributed by atoms with Gasteiger partial charge in [0.25, 0.3) is 0 Å². The molecule has 0 aromatic rings. The van der Waals surface area contributed by atoms with Crippen LogP contribution < -0.4 is 10.6 Å². The molecular weight excluding hydrogens is 176 g/mol. The highest BCUT2D eigenvalue weighted by Gasteiger charge is 2.22. The van der Waals surface area contributed by atoms with Crippen LogP contribution in [0.1, 0.15) is 32.1 Å². The molecule has 3 heteroatoms. The Bertz CT molecular complexity index is 188. The van der Waals surface area contributed by atoms with Gasteiger partial charge in [0.05, 0.1) is 0 Å². The van der Waals surface area contributed by atoms with E-state index >= 15 is 0 Å². The zero-order valence-electron chi connectivity index (χ0n) is 8.72. The maximum Gasteiger partial charge on any atom is 0.220 e. The van der Waals surface area contributed by atoms with Gasteiger partial charge in [-0.05, 0) is 38.8 Å². The molecule has 1 aliphatic rings. The minimum Gasteiger partial charge on any atom is -0.353 e. The molecule has 0 aliphatic heterocycles. The highest BCUT2D eigenvalue weighted by atomic mass is 16.1. The molecule has 0 heterocycles. The molecule has 14 heavy (non-hydrogen) atoms. The average Bonchev–Trinajstić information content (AvgIpc) is 2.95. The van der Waals surface area contributed by atoms with E-state index in [0.717, 1.165) is 25.9 Å². The summed E-state index contributed by atoms with van der Waals surface area (Å²) < 4.78 is 0. The van der Waals surface area contributed by atoms with E-state index in [1.54, 1.807) is 0 Å². The number of carbonyl (C=O) groups excluding carboxylic acids is 1. The summed E-state index contributed by atoms with van der Waals surface area (Å²) in [5, 5.41) is 6.23. The number of nitrogens with one attached hydrogen (secondary N) is 2. The quantitative estimate of drug-likeness (QED) is 0.452. The highest BCUT2D eigenvalue weighted by Crippen LogP contribution is 2.18.